The van der Waals surface area contributed by atoms with E-state index in [2.05, 4.69) is 5.32 Å². The summed E-state index contributed by atoms with van der Waals surface area (Å²) < 4.78 is 38.6. The van der Waals surface area contributed by atoms with E-state index in [-0.39, 0.29) is 17.0 Å². The molecule has 0 spiro atoms. The van der Waals surface area contributed by atoms with Gasteiger partial charge in [-0.15, -0.1) is 0 Å². The minimum absolute atomic E-state index is 0.0570. The van der Waals surface area contributed by atoms with Crippen molar-refractivity contribution in [1.82, 2.24) is 0 Å². The van der Waals surface area contributed by atoms with Gasteiger partial charge in [0.1, 0.15) is 28.8 Å². The lowest BCUT2D eigenvalue weighted by Gasteiger charge is -2.17. The minimum atomic E-state index is -1.02. The van der Waals surface area contributed by atoms with Gasteiger partial charge in [-0.1, -0.05) is 29.8 Å². The molecule has 0 aliphatic carbocycles. The first kappa shape index (κ1) is 22.0. The summed E-state index contributed by atoms with van der Waals surface area (Å²) in [7, 11) is 2.96. The molecule has 3 aromatic rings. The van der Waals surface area contributed by atoms with Crippen LogP contribution < -0.4 is 19.7 Å². The SMILES string of the molecule is COc1ccc(NC2=C(c3ccc(C)cc3)C(=O)N(c3ccc(F)cc3F)C2=O)c(OC)c1. The van der Waals surface area contributed by atoms with Crippen LogP contribution in [0.4, 0.5) is 20.2 Å². The van der Waals surface area contributed by atoms with Gasteiger partial charge in [0.15, 0.2) is 0 Å². The van der Waals surface area contributed by atoms with Crippen LogP contribution in [0.5, 0.6) is 11.5 Å². The Hall–Kier alpha value is -4.20. The number of rotatable bonds is 6. The van der Waals surface area contributed by atoms with Crippen molar-refractivity contribution in [3.05, 3.63) is 89.1 Å². The molecule has 1 aliphatic heterocycles. The summed E-state index contributed by atoms with van der Waals surface area (Å²) in [5.41, 5.74) is 1.50. The van der Waals surface area contributed by atoms with Crippen LogP contribution >= 0.6 is 0 Å². The van der Waals surface area contributed by atoms with E-state index in [1.54, 1.807) is 42.5 Å². The molecule has 0 saturated heterocycles. The van der Waals surface area contributed by atoms with Crippen LogP contribution in [0.25, 0.3) is 5.57 Å². The summed E-state index contributed by atoms with van der Waals surface area (Å²) in [4.78, 5) is 27.5. The zero-order chi connectivity index (χ0) is 23.7. The van der Waals surface area contributed by atoms with Crippen LogP contribution in [0.15, 0.2) is 66.4 Å². The summed E-state index contributed by atoms with van der Waals surface area (Å²) in [6.07, 6.45) is 0. The zero-order valence-electron chi connectivity index (χ0n) is 18.1. The third kappa shape index (κ3) is 4.03. The molecule has 4 rings (SSSR count). The zero-order valence-corrected chi connectivity index (χ0v) is 18.1. The Labute approximate surface area is 189 Å². The number of amides is 2. The molecule has 0 fully saturated rings. The number of nitrogens with zero attached hydrogens (tertiary/aromatic N) is 1. The number of hydrogen-bond acceptors (Lipinski definition) is 5. The predicted molar refractivity (Wildman–Crippen MR) is 120 cm³/mol. The molecular weight excluding hydrogens is 430 g/mol. The van der Waals surface area contributed by atoms with Gasteiger partial charge in [-0.2, -0.15) is 0 Å². The van der Waals surface area contributed by atoms with E-state index in [4.69, 9.17) is 9.47 Å². The second-order valence-corrected chi connectivity index (χ2v) is 7.35. The Balaban J connectivity index is 1.85. The van der Waals surface area contributed by atoms with Gasteiger partial charge in [-0.3, -0.25) is 9.59 Å². The predicted octanol–water partition coefficient (Wildman–Crippen LogP) is 4.69. The molecule has 0 atom stereocenters. The summed E-state index contributed by atoms with van der Waals surface area (Å²) in [6.45, 7) is 1.89. The molecule has 8 heteroatoms. The van der Waals surface area contributed by atoms with Gasteiger partial charge >= 0.3 is 0 Å². The molecule has 1 N–H and O–H groups in total. The molecule has 2 amide bonds. The first-order valence-electron chi connectivity index (χ1n) is 9.98. The number of anilines is 2. The Morgan fingerprint density at radius 3 is 2.21 bits per heavy atom. The maximum absolute atomic E-state index is 14.5. The van der Waals surface area contributed by atoms with Gasteiger partial charge in [0.2, 0.25) is 0 Å². The quantitative estimate of drug-likeness (QED) is 0.552. The number of carbonyl (C=O) groups is 2. The van der Waals surface area contributed by atoms with Crippen molar-refractivity contribution in [2.45, 2.75) is 6.92 Å². The van der Waals surface area contributed by atoms with Crippen molar-refractivity contribution in [2.24, 2.45) is 0 Å². The van der Waals surface area contributed by atoms with E-state index in [0.29, 0.717) is 33.7 Å². The molecule has 0 aromatic heterocycles. The van der Waals surface area contributed by atoms with Crippen LogP contribution in [-0.4, -0.2) is 26.0 Å². The van der Waals surface area contributed by atoms with Gasteiger partial charge in [-0.05, 0) is 36.8 Å². The van der Waals surface area contributed by atoms with E-state index in [1.165, 1.54) is 14.2 Å². The fourth-order valence-corrected chi connectivity index (χ4v) is 3.55. The molecule has 33 heavy (non-hydrogen) atoms. The van der Waals surface area contributed by atoms with Gasteiger partial charge < -0.3 is 14.8 Å². The van der Waals surface area contributed by atoms with E-state index in [9.17, 15) is 18.4 Å². The first-order chi connectivity index (χ1) is 15.8. The number of ether oxygens (including phenoxy) is 2. The smallest absolute Gasteiger partial charge is 0.282 e. The van der Waals surface area contributed by atoms with Crippen molar-refractivity contribution < 1.29 is 27.8 Å². The number of imide groups is 1. The van der Waals surface area contributed by atoms with Crippen molar-refractivity contribution in [3.63, 3.8) is 0 Å². The van der Waals surface area contributed by atoms with Crippen LogP contribution in [-0.2, 0) is 9.59 Å². The topological polar surface area (TPSA) is 67.9 Å². The van der Waals surface area contributed by atoms with E-state index in [1.807, 2.05) is 6.92 Å². The maximum atomic E-state index is 14.5. The van der Waals surface area contributed by atoms with Crippen molar-refractivity contribution in [1.29, 1.82) is 0 Å². The number of halogens is 2. The summed E-state index contributed by atoms with van der Waals surface area (Å²) in [6, 6.07) is 14.6. The highest BCUT2D eigenvalue weighted by molar-refractivity contribution is 6.46. The van der Waals surface area contributed by atoms with E-state index < -0.39 is 23.4 Å². The average molecular weight is 450 g/mol. The Morgan fingerprint density at radius 1 is 0.848 bits per heavy atom. The molecule has 1 aliphatic rings. The average Bonchev–Trinajstić information content (AvgIpc) is 3.04. The van der Waals surface area contributed by atoms with Gasteiger partial charge in [0, 0.05) is 12.1 Å². The van der Waals surface area contributed by atoms with Crippen molar-refractivity contribution >= 4 is 28.8 Å². The van der Waals surface area contributed by atoms with Gasteiger partial charge in [0.25, 0.3) is 11.8 Å². The summed E-state index contributed by atoms with van der Waals surface area (Å²) in [5.74, 6) is -2.44. The number of methoxy groups -OCH3 is 2. The standard InChI is InChI=1S/C25H20F2N2O4/c1-14-4-6-15(7-5-14)22-23(28-19-10-9-17(32-2)13-21(19)33-3)25(31)29(24(22)30)20-11-8-16(26)12-18(20)27/h4-13,28H,1-3H3. The van der Waals surface area contributed by atoms with E-state index >= 15 is 0 Å². The number of hydrogen-bond donors (Lipinski definition) is 1. The number of nitrogens with one attached hydrogen (secondary N) is 1. The lowest BCUT2D eigenvalue weighted by molar-refractivity contribution is -0.120. The lowest BCUT2D eigenvalue weighted by Crippen LogP contribution is -2.33. The molecule has 0 saturated carbocycles. The van der Waals surface area contributed by atoms with Crippen LogP contribution in [0, 0.1) is 18.6 Å². The highest BCUT2D eigenvalue weighted by atomic mass is 19.1. The monoisotopic (exact) mass is 450 g/mol. The third-order valence-electron chi connectivity index (χ3n) is 5.24. The first-order valence-corrected chi connectivity index (χ1v) is 9.98. The molecule has 1 heterocycles. The number of benzene rings is 3. The van der Waals surface area contributed by atoms with Crippen LogP contribution in [0.2, 0.25) is 0 Å². The summed E-state index contributed by atoms with van der Waals surface area (Å²) >= 11 is 0. The van der Waals surface area contributed by atoms with Crippen molar-refractivity contribution in [3.8, 4) is 11.5 Å². The second kappa shape index (κ2) is 8.74. The summed E-state index contributed by atoms with van der Waals surface area (Å²) in [5, 5.41) is 2.98. The molecule has 0 bridgehead atoms. The van der Waals surface area contributed by atoms with E-state index in [0.717, 1.165) is 17.7 Å². The minimum Gasteiger partial charge on any atom is -0.497 e. The number of carbonyl (C=O) groups excluding carboxylic acids is 2. The third-order valence-corrected chi connectivity index (χ3v) is 5.24. The molecule has 3 aromatic carbocycles. The van der Waals surface area contributed by atoms with Gasteiger partial charge in [-0.25, -0.2) is 13.7 Å². The maximum Gasteiger partial charge on any atom is 0.282 e. The Kier molecular flexibility index (Phi) is 5.83. The van der Waals surface area contributed by atoms with Crippen LogP contribution in [0.1, 0.15) is 11.1 Å². The largest absolute Gasteiger partial charge is 0.497 e. The van der Waals surface area contributed by atoms with Gasteiger partial charge in [0.05, 0.1) is 31.2 Å². The fraction of sp³-hybridized carbons (Fsp3) is 0.120. The molecular formula is C25H20F2N2O4. The van der Waals surface area contributed by atoms with Crippen molar-refractivity contribution in [2.75, 3.05) is 24.4 Å². The van der Waals surface area contributed by atoms with Crippen LogP contribution in [0.3, 0.4) is 0 Å². The Bertz CT molecular complexity index is 1290. The molecule has 0 radical (unpaired) electrons. The highest BCUT2D eigenvalue weighted by Gasteiger charge is 2.41. The normalized spacial score (nSPS) is 13.5. The molecule has 6 nitrogen and oxygen atoms in total. The second-order valence-electron chi connectivity index (χ2n) is 7.35. The fourth-order valence-electron chi connectivity index (χ4n) is 3.55. The number of aryl methyl sites for hydroxylation is 1. The highest BCUT2D eigenvalue weighted by Crippen LogP contribution is 2.37. The molecule has 0 unspecified atom stereocenters. The lowest BCUT2D eigenvalue weighted by atomic mass is 10.0. The molecule has 168 valence electrons. The Morgan fingerprint density at radius 2 is 1.58 bits per heavy atom.